The summed E-state index contributed by atoms with van der Waals surface area (Å²) in [5.41, 5.74) is -1.59. The number of rotatable bonds is 1. The van der Waals surface area contributed by atoms with Gasteiger partial charge in [0.1, 0.15) is 7.11 Å². The van der Waals surface area contributed by atoms with Gasteiger partial charge < -0.3 is 4.84 Å². The van der Waals surface area contributed by atoms with Gasteiger partial charge in [-0.1, -0.05) is 4.85 Å². The van der Waals surface area contributed by atoms with Crippen LogP contribution in [0.4, 0.5) is 0 Å². The van der Waals surface area contributed by atoms with Crippen molar-refractivity contribution in [3.05, 3.63) is 25.5 Å². The lowest BCUT2D eigenvalue weighted by Crippen LogP contribution is -2.43. The second-order valence-corrected chi connectivity index (χ2v) is 2.43. The Balaban J connectivity index is 3.78. The van der Waals surface area contributed by atoms with Gasteiger partial charge in [0.25, 0.3) is 0 Å². The molecule has 0 aromatic carbocycles. The van der Waals surface area contributed by atoms with Crippen molar-refractivity contribution in [3.63, 3.8) is 0 Å². The van der Waals surface area contributed by atoms with E-state index in [4.69, 9.17) is 12.2 Å². The highest BCUT2D eigenvalue weighted by Gasteiger charge is 2.02. The second kappa shape index (κ2) is 2.94. The number of hydrogen-bond donors (Lipinski definition) is 1. The molecule has 0 atom stereocenters. The van der Waals surface area contributed by atoms with Gasteiger partial charge >= 0.3 is 11.1 Å². The molecule has 0 fully saturated rings. The first-order valence-electron chi connectivity index (χ1n) is 3.05. The summed E-state index contributed by atoms with van der Waals surface area (Å²) in [5, 5.41) is 0. The van der Waals surface area contributed by atoms with Gasteiger partial charge in [-0.25, -0.2) is 4.68 Å². The first-order valence-corrected chi connectivity index (χ1v) is 3.46. The van der Waals surface area contributed by atoms with Crippen LogP contribution in [0.15, 0.2) is 9.59 Å². The van der Waals surface area contributed by atoms with Gasteiger partial charge in [-0.15, -0.1) is 0 Å². The van der Waals surface area contributed by atoms with Crippen LogP contribution in [0, 0.1) is 4.77 Å². The largest absolute Gasteiger partial charge is 0.398 e. The summed E-state index contributed by atoms with van der Waals surface area (Å²) >= 11 is 4.72. The molecule has 6 nitrogen and oxygen atoms in total. The van der Waals surface area contributed by atoms with Gasteiger partial charge in [-0.05, 0) is 12.2 Å². The summed E-state index contributed by atoms with van der Waals surface area (Å²) in [6.45, 7) is 0. The zero-order chi connectivity index (χ0) is 9.30. The summed E-state index contributed by atoms with van der Waals surface area (Å²) in [4.78, 5) is 29.4. The molecule has 1 rings (SSSR count). The Kier molecular flexibility index (Phi) is 2.13. The SMILES string of the molecule is COn1c(=O)c(=O)[nH]c(=S)n1C. The third-order valence-electron chi connectivity index (χ3n) is 1.33. The number of nitrogens with zero attached hydrogens (tertiary/aromatic N) is 2. The first-order chi connectivity index (χ1) is 5.57. The predicted octanol–water partition coefficient (Wildman–Crippen LogP) is -1.34. The van der Waals surface area contributed by atoms with Crippen molar-refractivity contribution in [2.24, 2.45) is 7.05 Å². The summed E-state index contributed by atoms with van der Waals surface area (Å²) < 4.78 is 1.35. The fourth-order valence-electron chi connectivity index (χ4n) is 0.742. The van der Waals surface area contributed by atoms with Crippen LogP contribution < -0.4 is 16.0 Å². The molecule has 1 aromatic rings. The Labute approximate surface area is 72.0 Å². The molecule has 0 saturated carbocycles. The minimum Gasteiger partial charge on any atom is -0.398 e. The zero-order valence-corrected chi connectivity index (χ0v) is 7.34. The maximum atomic E-state index is 11.0. The lowest BCUT2D eigenvalue weighted by Gasteiger charge is -2.07. The number of aromatic nitrogens is 3. The lowest BCUT2D eigenvalue weighted by molar-refractivity contribution is 0.0873. The highest BCUT2D eigenvalue weighted by atomic mass is 32.1. The van der Waals surface area contributed by atoms with Crippen LogP contribution in [0.3, 0.4) is 0 Å². The predicted molar refractivity (Wildman–Crippen MR) is 43.6 cm³/mol. The molecule has 0 bridgehead atoms. The van der Waals surface area contributed by atoms with Crippen molar-refractivity contribution in [2.45, 2.75) is 0 Å². The van der Waals surface area contributed by atoms with Crippen LogP contribution in [-0.2, 0) is 7.05 Å². The third-order valence-corrected chi connectivity index (χ3v) is 1.69. The van der Waals surface area contributed by atoms with Crippen LogP contribution in [0.25, 0.3) is 0 Å². The number of H-pyrrole nitrogens is 1. The standard InChI is InChI=1S/C5H7N3O3S/c1-7-5(12)6-3(9)4(10)8(7)11-2/h1-2H3,(H,6,9,12). The molecule has 0 saturated heterocycles. The molecule has 0 amide bonds. The minimum atomic E-state index is -0.798. The highest BCUT2D eigenvalue weighted by molar-refractivity contribution is 7.71. The molecule has 1 N–H and O–H groups in total. The van der Waals surface area contributed by atoms with E-state index in [2.05, 4.69) is 9.82 Å². The minimum absolute atomic E-state index is 0.126. The molecule has 7 heteroatoms. The molecule has 0 aliphatic rings. The van der Waals surface area contributed by atoms with E-state index in [1.165, 1.54) is 18.8 Å². The summed E-state index contributed by atoms with van der Waals surface area (Å²) in [6.07, 6.45) is 0. The monoisotopic (exact) mass is 189 g/mol. The van der Waals surface area contributed by atoms with Crippen molar-refractivity contribution in [1.29, 1.82) is 0 Å². The van der Waals surface area contributed by atoms with Gasteiger partial charge in [0.2, 0.25) is 0 Å². The molecule has 0 aliphatic heterocycles. The van der Waals surface area contributed by atoms with E-state index in [9.17, 15) is 9.59 Å². The van der Waals surface area contributed by atoms with Crippen molar-refractivity contribution in [3.8, 4) is 0 Å². The number of aromatic amines is 1. The average molecular weight is 189 g/mol. The van der Waals surface area contributed by atoms with Gasteiger partial charge in [-0.2, -0.15) is 0 Å². The topological polar surface area (TPSA) is 69.0 Å². The number of hydrogen-bond acceptors (Lipinski definition) is 4. The Morgan fingerprint density at radius 3 is 2.58 bits per heavy atom. The number of nitrogens with one attached hydrogen (secondary N) is 1. The highest BCUT2D eigenvalue weighted by Crippen LogP contribution is 1.74. The van der Waals surface area contributed by atoms with Crippen molar-refractivity contribution < 1.29 is 4.84 Å². The van der Waals surface area contributed by atoms with E-state index < -0.39 is 11.1 Å². The molecule has 0 aliphatic carbocycles. The van der Waals surface area contributed by atoms with Crippen molar-refractivity contribution >= 4 is 12.2 Å². The van der Waals surface area contributed by atoms with Crippen molar-refractivity contribution in [1.82, 2.24) is 14.5 Å². The Morgan fingerprint density at radius 2 is 2.08 bits per heavy atom. The van der Waals surface area contributed by atoms with Gasteiger partial charge in [0, 0.05) is 7.05 Å². The van der Waals surface area contributed by atoms with E-state index in [1.807, 2.05) is 0 Å². The van der Waals surface area contributed by atoms with Gasteiger partial charge in [0.15, 0.2) is 4.77 Å². The van der Waals surface area contributed by atoms with Gasteiger partial charge in [0.05, 0.1) is 0 Å². The Morgan fingerprint density at radius 1 is 1.50 bits per heavy atom. The molecule has 12 heavy (non-hydrogen) atoms. The molecule has 1 heterocycles. The van der Waals surface area contributed by atoms with E-state index in [0.29, 0.717) is 0 Å². The molecular formula is C5H7N3O3S. The first kappa shape index (κ1) is 8.72. The Hall–Kier alpha value is -1.37. The van der Waals surface area contributed by atoms with E-state index in [1.54, 1.807) is 0 Å². The molecule has 66 valence electrons. The van der Waals surface area contributed by atoms with Crippen LogP contribution in [0.2, 0.25) is 0 Å². The normalized spacial score (nSPS) is 9.83. The summed E-state index contributed by atoms with van der Waals surface area (Å²) in [6, 6.07) is 0. The fourth-order valence-corrected chi connectivity index (χ4v) is 0.909. The molecule has 0 unspecified atom stereocenters. The maximum Gasteiger partial charge on any atom is 0.365 e. The smallest absolute Gasteiger partial charge is 0.365 e. The van der Waals surface area contributed by atoms with E-state index in [0.717, 1.165) is 4.85 Å². The molecule has 0 spiro atoms. The van der Waals surface area contributed by atoms with Crippen LogP contribution in [0.5, 0.6) is 0 Å². The maximum absolute atomic E-state index is 11.0. The fraction of sp³-hybridized carbons (Fsp3) is 0.400. The lowest BCUT2D eigenvalue weighted by atomic mass is 10.8. The van der Waals surface area contributed by atoms with Crippen molar-refractivity contribution in [2.75, 3.05) is 7.11 Å². The average Bonchev–Trinajstić information content (AvgIpc) is 2.02. The summed E-state index contributed by atoms with van der Waals surface area (Å²) in [7, 11) is 2.78. The van der Waals surface area contributed by atoms with E-state index in [-0.39, 0.29) is 4.77 Å². The Bertz CT molecular complexity index is 454. The third kappa shape index (κ3) is 1.18. The van der Waals surface area contributed by atoms with Gasteiger partial charge in [-0.3, -0.25) is 14.6 Å². The zero-order valence-electron chi connectivity index (χ0n) is 6.53. The van der Waals surface area contributed by atoms with E-state index >= 15 is 0 Å². The van der Waals surface area contributed by atoms with Crippen LogP contribution in [-0.4, -0.2) is 21.6 Å². The molecule has 1 aromatic heterocycles. The second-order valence-electron chi connectivity index (χ2n) is 2.04. The quantitative estimate of drug-likeness (QED) is 0.438. The van der Waals surface area contributed by atoms with Crippen LogP contribution in [0.1, 0.15) is 0 Å². The molecule has 0 radical (unpaired) electrons. The molecular weight excluding hydrogens is 182 g/mol. The van der Waals surface area contributed by atoms with Crippen LogP contribution >= 0.6 is 12.2 Å². The summed E-state index contributed by atoms with van der Waals surface area (Å²) in [5.74, 6) is 0.